The number of benzene rings is 1. The highest BCUT2D eigenvalue weighted by atomic mass is 16.6. The maximum absolute atomic E-state index is 13.5. The van der Waals surface area contributed by atoms with Crippen LogP contribution in [0.15, 0.2) is 23.1 Å². The van der Waals surface area contributed by atoms with Gasteiger partial charge in [-0.25, -0.2) is 9.78 Å². The van der Waals surface area contributed by atoms with Crippen molar-refractivity contribution in [3.63, 3.8) is 0 Å². The molecule has 0 aliphatic carbocycles. The molecule has 1 saturated heterocycles. The van der Waals surface area contributed by atoms with Gasteiger partial charge in [0.25, 0.3) is 5.56 Å². The minimum atomic E-state index is -0.606. The summed E-state index contributed by atoms with van der Waals surface area (Å²) in [5.74, 6) is 1.59. The molecule has 3 heterocycles. The molecule has 2 unspecified atom stereocenters. The molecule has 38 heavy (non-hydrogen) atoms. The van der Waals surface area contributed by atoms with Crippen LogP contribution in [0.2, 0.25) is 0 Å². The zero-order valence-corrected chi connectivity index (χ0v) is 23.1. The summed E-state index contributed by atoms with van der Waals surface area (Å²) in [6, 6.07) is 3.01. The van der Waals surface area contributed by atoms with E-state index in [1.165, 1.54) is 4.57 Å². The predicted octanol–water partition coefficient (Wildman–Crippen LogP) is 3.33. The Balaban J connectivity index is 1.66. The molecule has 0 bridgehead atoms. The molecule has 0 saturated carbocycles. The Morgan fingerprint density at radius 2 is 1.71 bits per heavy atom. The van der Waals surface area contributed by atoms with Gasteiger partial charge in [0.05, 0.1) is 39.5 Å². The van der Waals surface area contributed by atoms with Crippen LogP contribution in [-0.2, 0) is 16.5 Å². The molecule has 2 N–H and O–H groups in total. The number of carbonyl (C=O) groups excluding carboxylic acids is 1. The minimum Gasteiger partial charge on any atom is -0.496 e. The number of alkyl carbamates (subject to hydrolysis) is 1. The van der Waals surface area contributed by atoms with E-state index in [4.69, 9.17) is 18.9 Å². The van der Waals surface area contributed by atoms with Crippen molar-refractivity contribution in [3.8, 4) is 22.6 Å². The monoisotopic (exact) mass is 525 g/mol. The van der Waals surface area contributed by atoms with Gasteiger partial charge < -0.3 is 29.6 Å². The molecule has 11 nitrogen and oxygen atoms in total. The molecule has 204 valence electrons. The van der Waals surface area contributed by atoms with Crippen molar-refractivity contribution < 1.29 is 23.7 Å². The van der Waals surface area contributed by atoms with Gasteiger partial charge in [0.2, 0.25) is 5.95 Å². The Kier molecular flexibility index (Phi) is 7.50. The van der Waals surface area contributed by atoms with Crippen molar-refractivity contribution in [1.82, 2.24) is 19.9 Å². The lowest BCUT2D eigenvalue weighted by atomic mass is 9.94. The lowest BCUT2D eigenvalue weighted by Crippen LogP contribution is -2.47. The average molecular weight is 526 g/mol. The number of methoxy groups -OCH3 is 2. The summed E-state index contributed by atoms with van der Waals surface area (Å²) < 4.78 is 23.5. The van der Waals surface area contributed by atoms with Crippen molar-refractivity contribution in [2.45, 2.75) is 52.3 Å². The number of carbonyl (C=O) groups is 1. The van der Waals surface area contributed by atoms with Crippen molar-refractivity contribution in [2.24, 2.45) is 7.05 Å². The van der Waals surface area contributed by atoms with Crippen molar-refractivity contribution in [1.29, 1.82) is 0 Å². The number of pyridine rings is 1. The van der Waals surface area contributed by atoms with Gasteiger partial charge in [0, 0.05) is 35.8 Å². The SMILES string of the molecule is COc1cc(OC)c(C)c(-c2cc3cnc(NC4COCC4NC(=O)OC(C)(C)C)nc3n(C)c2=O)c1C. The van der Waals surface area contributed by atoms with E-state index in [0.29, 0.717) is 47.3 Å². The van der Waals surface area contributed by atoms with E-state index in [1.54, 1.807) is 54.3 Å². The van der Waals surface area contributed by atoms with Gasteiger partial charge >= 0.3 is 6.09 Å². The number of aryl methyl sites for hydroxylation is 1. The Morgan fingerprint density at radius 3 is 2.32 bits per heavy atom. The van der Waals surface area contributed by atoms with E-state index in [1.807, 2.05) is 19.9 Å². The molecule has 2 atom stereocenters. The first kappa shape index (κ1) is 27.2. The Bertz CT molecular complexity index is 1400. The van der Waals surface area contributed by atoms with E-state index in [2.05, 4.69) is 20.6 Å². The second-order valence-electron chi connectivity index (χ2n) is 10.3. The maximum Gasteiger partial charge on any atom is 0.408 e. The Labute approximate surface area is 221 Å². The van der Waals surface area contributed by atoms with E-state index < -0.39 is 11.7 Å². The van der Waals surface area contributed by atoms with Gasteiger partial charge in [0.1, 0.15) is 22.7 Å². The quantitative estimate of drug-likeness (QED) is 0.498. The highest BCUT2D eigenvalue weighted by molar-refractivity contribution is 5.84. The number of hydrogen-bond acceptors (Lipinski definition) is 9. The first-order valence-electron chi connectivity index (χ1n) is 12.4. The third kappa shape index (κ3) is 5.38. The molecule has 11 heteroatoms. The van der Waals surface area contributed by atoms with Crippen LogP contribution in [0, 0.1) is 13.8 Å². The number of nitrogens with zero attached hydrogens (tertiary/aromatic N) is 3. The zero-order valence-electron chi connectivity index (χ0n) is 23.1. The Morgan fingerprint density at radius 1 is 1.08 bits per heavy atom. The summed E-state index contributed by atoms with van der Waals surface area (Å²) in [5, 5.41) is 6.76. The fourth-order valence-electron chi connectivity index (χ4n) is 4.65. The number of anilines is 1. The largest absolute Gasteiger partial charge is 0.496 e. The number of amides is 1. The molecule has 1 aromatic carbocycles. The number of nitrogens with one attached hydrogen (secondary N) is 2. The van der Waals surface area contributed by atoms with E-state index in [-0.39, 0.29) is 17.6 Å². The molecule has 1 aliphatic heterocycles. The molecular weight excluding hydrogens is 490 g/mol. The van der Waals surface area contributed by atoms with E-state index >= 15 is 0 Å². The number of fused-ring (bicyclic) bond motifs is 1. The normalized spacial score (nSPS) is 17.4. The van der Waals surface area contributed by atoms with Crippen molar-refractivity contribution >= 4 is 23.1 Å². The highest BCUT2D eigenvalue weighted by Gasteiger charge is 2.32. The number of aromatic nitrogens is 3. The van der Waals surface area contributed by atoms with Crippen LogP contribution in [0.4, 0.5) is 10.7 Å². The predicted molar refractivity (Wildman–Crippen MR) is 144 cm³/mol. The van der Waals surface area contributed by atoms with Gasteiger partial charge in [0.15, 0.2) is 0 Å². The first-order valence-corrected chi connectivity index (χ1v) is 12.4. The topological polar surface area (TPSA) is 126 Å². The first-order chi connectivity index (χ1) is 17.9. The molecule has 1 amide bonds. The highest BCUT2D eigenvalue weighted by Crippen LogP contribution is 2.38. The van der Waals surface area contributed by atoms with Gasteiger partial charge in [-0.05, 0) is 51.8 Å². The average Bonchev–Trinajstić information content (AvgIpc) is 3.27. The maximum atomic E-state index is 13.5. The summed E-state index contributed by atoms with van der Waals surface area (Å²) in [6.07, 6.45) is 1.15. The van der Waals surface area contributed by atoms with Gasteiger partial charge in [-0.2, -0.15) is 4.98 Å². The number of rotatable bonds is 6. The minimum absolute atomic E-state index is 0.211. The molecule has 1 fully saturated rings. The fraction of sp³-hybridized carbons (Fsp3) is 0.481. The molecule has 3 aromatic rings. The van der Waals surface area contributed by atoms with Crippen molar-refractivity contribution in [3.05, 3.63) is 39.8 Å². The molecule has 0 spiro atoms. The molecule has 1 aliphatic rings. The lowest BCUT2D eigenvalue weighted by molar-refractivity contribution is 0.0497. The van der Waals surface area contributed by atoms with Crippen LogP contribution < -0.4 is 25.7 Å². The number of ether oxygens (including phenoxy) is 4. The van der Waals surface area contributed by atoms with Crippen LogP contribution in [0.5, 0.6) is 11.5 Å². The molecule has 0 radical (unpaired) electrons. The van der Waals surface area contributed by atoms with Crippen LogP contribution >= 0.6 is 0 Å². The summed E-state index contributed by atoms with van der Waals surface area (Å²) in [7, 11) is 4.86. The standard InChI is InChI=1S/C27H35N5O6/c1-14-20(35-7)10-21(36-8)15(2)22(14)17-9-16-11-28-25(31-23(16)32(6)24(17)33)29-18-12-37-13-19(18)30-26(34)38-27(3,4)5/h9-11,18-19H,12-13H2,1-8H3,(H,30,34)(H,28,29,31). The molecule has 4 rings (SSSR count). The number of hydrogen-bond donors (Lipinski definition) is 2. The summed E-state index contributed by atoms with van der Waals surface area (Å²) in [5.41, 5.74) is 2.59. The van der Waals surface area contributed by atoms with Gasteiger partial charge in [-0.1, -0.05) is 0 Å². The molecular formula is C27H35N5O6. The molecule has 2 aromatic heterocycles. The van der Waals surface area contributed by atoms with Crippen LogP contribution in [-0.4, -0.2) is 65.7 Å². The summed E-state index contributed by atoms with van der Waals surface area (Å²) in [4.78, 5) is 34.9. The van der Waals surface area contributed by atoms with Gasteiger partial charge in [-0.15, -0.1) is 0 Å². The van der Waals surface area contributed by atoms with E-state index in [0.717, 1.165) is 16.7 Å². The second-order valence-corrected chi connectivity index (χ2v) is 10.3. The zero-order chi connectivity index (χ0) is 27.8. The van der Waals surface area contributed by atoms with E-state index in [9.17, 15) is 9.59 Å². The Hall–Kier alpha value is -3.86. The third-order valence-corrected chi connectivity index (χ3v) is 6.51. The summed E-state index contributed by atoms with van der Waals surface area (Å²) >= 11 is 0. The van der Waals surface area contributed by atoms with Crippen LogP contribution in [0.25, 0.3) is 22.2 Å². The summed E-state index contributed by atoms with van der Waals surface area (Å²) in [6.45, 7) is 9.93. The van der Waals surface area contributed by atoms with Gasteiger partial charge in [-0.3, -0.25) is 9.36 Å². The fourth-order valence-corrected chi connectivity index (χ4v) is 4.65. The van der Waals surface area contributed by atoms with Crippen LogP contribution in [0.1, 0.15) is 31.9 Å². The lowest BCUT2D eigenvalue weighted by Gasteiger charge is -2.24. The third-order valence-electron chi connectivity index (χ3n) is 6.51. The van der Waals surface area contributed by atoms with Crippen molar-refractivity contribution in [2.75, 3.05) is 32.8 Å². The smallest absolute Gasteiger partial charge is 0.408 e. The second kappa shape index (κ2) is 10.5. The van der Waals surface area contributed by atoms with Crippen LogP contribution in [0.3, 0.4) is 0 Å².